The SMILES string of the molecule is Cc1cc(Cl)ccc1N(CC(=O)N(Cc1ccc(Cl)cc1)[C@H](C)C(=O)NC1CCCCC1)S(C)(=O)=O. The molecule has 1 aliphatic carbocycles. The number of nitrogens with zero attached hydrogens (tertiary/aromatic N) is 2. The van der Waals surface area contributed by atoms with E-state index in [-0.39, 0.29) is 18.5 Å². The molecule has 1 fully saturated rings. The van der Waals surface area contributed by atoms with Crippen LogP contribution in [0, 0.1) is 6.92 Å². The van der Waals surface area contributed by atoms with Gasteiger partial charge < -0.3 is 10.2 Å². The molecular formula is C26H33Cl2N3O4S. The highest BCUT2D eigenvalue weighted by molar-refractivity contribution is 7.92. The fourth-order valence-corrected chi connectivity index (χ4v) is 5.69. The molecule has 0 saturated heterocycles. The fourth-order valence-electron chi connectivity index (χ4n) is 4.43. The van der Waals surface area contributed by atoms with Crippen LogP contribution in [0.2, 0.25) is 10.0 Å². The summed E-state index contributed by atoms with van der Waals surface area (Å²) < 4.78 is 26.5. The van der Waals surface area contributed by atoms with Crippen LogP contribution >= 0.6 is 23.2 Å². The summed E-state index contributed by atoms with van der Waals surface area (Å²) in [5.41, 5.74) is 1.76. The van der Waals surface area contributed by atoms with E-state index < -0.39 is 28.5 Å². The van der Waals surface area contributed by atoms with Gasteiger partial charge in [0.2, 0.25) is 21.8 Å². The van der Waals surface area contributed by atoms with Crippen LogP contribution in [-0.4, -0.2) is 50.0 Å². The summed E-state index contributed by atoms with van der Waals surface area (Å²) in [6.07, 6.45) is 6.18. The highest BCUT2D eigenvalue weighted by Crippen LogP contribution is 2.26. The van der Waals surface area contributed by atoms with E-state index in [9.17, 15) is 18.0 Å². The van der Waals surface area contributed by atoms with Gasteiger partial charge in [0.05, 0.1) is 11.9 Å². The molecule has 0 bridgehead atoms. The fraction of sp³-hybridized carbons (Fsp3) is 0.462. The zero-order valence-electron chi connectivity index (χ0n) is 20.8. The zero-order valence-corrected chi connectivity index (χ0v) is 23.2. The van der Waals surface area contributed by atoms with Crippen LogP contribution in [0.1, 0.15) is 50.2 Å². The average molecular weight is 555 g/mol. The summed E-state index contributed by atoms with van der Waals surface area (Å²) in [5.74, 6) is -0.742. The van der Waals surface area contributed by atoms with Crippen LogP contribution in [0.3, 0.4) is 0 Å². The molecular weight excluding hydrogens is 521 g/mol. The summed E-state index contributed by atoms with van der Waals surface area (Å²) in [7, 11) is -3.80. The van der Waals surface area contributed by atoms with Crippen molar-refractivity contribution in [1.82, 2.24) is 10.2 Å². The van der Waals surface area contributed by atoms with Crippen molar-refractivity contribution >= 4 is 50.7 Å². The minimum Gasteiger partial charge on any atom is -0.352 e. The number of halogens is 2. The van der Waals surface area contributed by atoms with Crippen LogP contribution in [-0.2, 0) is 26.2 Å². The molecule has 0 aromatic heterocycles. The van der Waals surface area contributed by atoms with Crippen molar-refractivity contribution in [2.24, 2.45) is 0 Å². The topological polar surface area (TPSA) is 86.8 Å². The third-order valence-corrected chi connectivity index (χ3v) is 8.11. The normalized spacial score (nSPS) is 15.2. The molecule has 3 rings (SSSR count). The Morgan fingerprint density at radius 2 is 1.64 bits per heavy atom. The van der Waals surface area contributed by atoms with Gasteiger partial charge in [0, 0.05) is 22.6 Å². The van der Waals surface area contributed by atoms with Crippen molar-refractivity contribution in [2.45, 2.75) is 64.6 Å². The van der Waals surface area contributed by atoms with Gasteiger partial charge in [-0.3, -0.25) is 13.9 Å². The lowest BCUT2D eigenvalue weighted by molar-refractivity contribution is -0.139. The zero-order chi connectivity index (χ0) is 26.5. The number of anilines is 1. The Labute approximate surface area is 223 Å². The second-order valence-corrected chi connectivity index (χ2v) is 12.1. The van der Waals surface area contributed by atoms with Crippen molar-refractivity contribution in [3.8, 4) is 0 Å². The molecule has 0 heterocycles. The highest BCUT2D eigenvalue weighted by Gasteiger charge is 2.31. The Morgan fingerprint density at radius 3 is 2.22 bits per heavy atom. The van der Waals surface area contributed by atoms with Crippen LogP contribution < -0.4 is 9.62 Å². The molecule has 2 aromatic rings. The van der Waals surface area contributed by atoms with E-state index in [1.165, 1.54) is 4.90 Å². The molecule has 10 heteroatoms. The van der Waals surface area contributed by atoms with Crippen molar-refractivity contribution < 1.29 is 18.0 Å². The molecule has 7 nitrogen and oxygen atoms in total. The highest BCUT2D eigenvalue weighted by atomic mass is 35.5. The number of aryl methyl sites for hydroxylation is 1. The predicted molar refractivity (Wildman–Crippen MR) is 145 cm³/mol. The predicted octanol–water partition coefficient (Wildman–Crippen LogP) is 4.93. The first kappa shape index (κ1) is 28.3. The second-order valence-electron chi connectivity index (χ2n) is 9.37. The summed E-state index contributed by atoms with van der Waals surface area (Å²) >= 11 is 12.1. The molecule has 196 valence electrons. The van der Waals surface area contributed by atoms with Crippen LogP contribution in [0.25, 0.3) is 0 Å². The lowest BCUT2D eigenvalue weighted by Gasteiger charge is -2.33. The molecule has 36 heavy (non-hydrogen) atoms. The number of rotatable bonds is 9. The van der Waals surface area contributed by atoms with Crippen molar-refractivity contribution in [3.63, 3.8) is 0 Å². The van der Waals surface area contributed by atoms with E-state index in [0.717, 1.165) is 48.2 Å². The second kappa shape index (κ2) is 12.3. The average Bonchev–Trinajstić information content (AvgIpc) is 2.82. The molecule has 0 radical (unpaired) electrons. The van der Waals surface area contributed by atoms with Gasteiger partial charge in [-0.05, 0) is 68.1 Å². The number of carbonyl (C=O) groups excluding carboxylic acids is 2. The molecule has 1 atom stereocenters. The van der Waals surface area contributed by atoms with Crippen LogP contribution in [0.5, 0.6) is 0 Å². The first-order chi connectivity index (χ1) is 17.0. The van der Waals surface area contributed by atoms with E-state index in [4.69, 9.17) is 23.2 Å². The number of nitrogens with one attached hydrogen (secondary N) is 1. The molecule has 1 aliphatic rings. The van der Waals surface area contributed by atoms with Gasteiger partial charge in [0.1, 0.15) is 12.6 Å². The van der Waals surface area contributed by atoms with Gasteiger partial charge in [-0.15, -0.1) is 0 Å². The third kappa shape index (κ3) is 7.60. The number of amides is 2. The number of hydrogen-bond donors (Lipinski definition) is 1. The van der Waals surface area contributed by atoms with E-state index in [1.807, 2.05) is 0 Å². The third-order valence-electron chi connectivity index (χ3n) is 6.49. The Kier molecular flexibility index (Phi) is 9.66. The first-order valence-electron chi connectivity index (χ1n) is 12.0. The van der Waals surface area contributed by atoms with Crippen LogP contribution in [0.15, 0.2) is 42.5 Å². The Morgan fingerprint density at radius 1 is 1.03 bits per heavy atom. The summed E-state index contributed by atoms with van der Waals surface area (Å²) in [6.45, 7) is 3.09. The van der Waals surface area contributed by atoms with Gasteiger partial charge in [0.25, 0.3) is 0 Å². The van der Waals surface area contributed by atoms with E-state index in [1.54, 1.807) is 56.3 Å². The van der Waals surface area contributed by atoms with Gasteiger partial charge in [0.15, 0.2) is 0 Å². The number of carbonyl (C=O) groups is 2. The lowest BCUT2D eigenvalue weighted by Crippen LogP contribution is -2.53. The van der Waals surface area contributed by atoms with E-state index in [2.05, 4.69) is 5.32 Å². The standard InChI is InChI=1S/C26H33Cl2N3O4S/c1-18-15-22(28)13-14-24(18)31(36(3,34)35)17-25(32)30(16-20-9-11-21(27)12-10-20)19(2)26(33)29-23-7-5-4-6-8-23/h9-15,19,23H,4-8,16-17H2,1-3H3,(H,29,33)/t19-/m1/s1. The summed E-state index contributed by atoms with van der Waals surface area (Å²) in [5, 5.41) is 4.10. The number of sulfonamides is 1. The molecule has 0 unspecified atom stereocenters. The van der Waals surface area contributed by atoms with Crippen LogP contribution in [0.4, 0.5) is 5.69 Å². The lowest BCUT2D eigenvalue weighted by atomic mass is 9.95. The number of benzene rings is 2. The summed E-state index contributed by atoms with van der Waals surface area (Å²) in [6, 6.07) is 11.1. The Hall–Kier alpha value is -2.29. The minimum absolute atomic E-state index is 0.0884. The van der Waals surface area contributed by atoms with Gasteiger partial charge in [-0.25, -0.2) is 8.42 Å². The maximum absolute atomic E-state index is 13.6. The maximum Gasteiger partial charge on any atom is 0.244 e. The Balaban J connectivity index is 1.88. The smallest absolute Gasteiger partial charge is 0.244 e. The number of hydrogen-bond acceptors (Lipinski definition) is 4. The molecule has 0 spiro atoms. The van der Waals surface area contributed by atoms with Gasteiger partial charge in [-0.2, -0.15) is 0 Å². The molecule has 0 aliphatic heterocycles. The van der Waals surface area contributed by atoms with Crippen molar-refractivity contribution in [2.75, 3.05) is 17.1 Å². The summed E-state index contributed by atoms with van der Waals surface area (Å²) in [4.78, 5) is 28.2. The molecule has 2 amide bonds. The molecule has 1 N–H and O–H groups in total. The molecule has 1 saturated carbocycles. The quantitative estimate of drug-likeness (QED) is 0.476. The monoisotopic (exact) mass is 553 g/mol. The van der Waals surface area contributed by atoms with Gasteiger partial charge >= 0.3 is 0 Å². The van der Waals surface area contributed by atoms with E-state index in [0.29, 0.717) is 21.3 Å². The maximum atomic E-state index is 13.6. The largest absolute Gasteiger partial charge is 0.352 e. The van der Waals surface area contributed by atoms with E-state index >= 15 is 0 Å². The van der Waals surface area contributed by atoms with Gasteiger partial charge in [-0.1, -0.05) is 54.6 Å². The van der Waals surface area contributed by atoms with Crippen molar-refractivity contribution in [1.29, 1.82) is 0 Å². The molecule has 2 aromatic carbocycles. The first-order valence-corrected chi connectivity index (χ1v) is 14.6. The minimum atomic E-state index is -3.80. The Bertz CT molecular complexity index is 1180. The van der Waals surface area contributed by atoms with Crippen molar-refractivity contribution in [3.05, 3.63) is 63.6 Å².